The standard InChI is InChI=1S/C22H32ClN7/c1-22(24)7-9-29(10-8-22)16-20-19(23)15-25-21(27-20)26-17-3-5-18(6-4-17)30-13-11-28(2)12-14-30/h3-6,15H,7-14,16,24H2,1-2H3,(H,25,26,27). The van der Waals surface area contributed by atoms with Gasteiger partial charge in [0.2, 0.25) is 5.95 Å². The van der Waals surface area contributed by atoms with E-state index < -0.39 is 0 Å². The number of hydrogen-bond acceptors (Lipinski definition) is 7. The van der Waals surface area contributed by atoms with Crippen LogP contribution in [0.3, 0.4) is 0 Å². The number of piperazine rings is 1. The number of nitrogens with two attached hydrogens (primary N) is 1. The van der Waals surface area contributed by atoms with Crippen molar-refractivity contribution in [2.24, 2.45) is 5.73 Å². The van der Waals surface area contributed by atoms with Crippen LogP contribution in [0.1, 0.15) is 25.5 Å². The number of likely N-dealkylation sites (N-methyl/N-ethyl adjacent to an activating group) is 1. The Morgan fingerprint density at radius 1 is 1.07 bits per heavy atom. The Morgan fingerprint density at radius 2 is 1.73 bits per heavy atom. The molecule has 3 N–H and O–H groups in total. The van der Waals surface area contributed by atoms with Crippen molar-refractivity contribution in [3.05, 3.63) is 41.2 Å². The minimum absolute atomic E-state index is 0.0606. The lowest BCUT2D eigenvalue weighted by atomic mass is 9.91. The molecular weight excluding hydrogens is 398 g/mol. The number of likely N-dealkylation sites (tertiary alicyclic amines) is 1. The second-order valence-electron chi connectivity index (χ2n) is 8.88. The van der Waals surface area contributed by atoms with Crippen molar-refractivity contribution in [2.45, 2.75) is 31.8 Å². The highest BCUT2D eigenvalue weighted by molar-refractivity contribution is 6.31. The zero-order valence-corrected chi connectivity index (χ0v) is 18.7. The van der Waals surface area contributed by atoms with E-state index >= 15 is 0 Å². The van der Waals surface area contributed by atoms with Crippen LogP contribution in [0.4, 0.5) is 17.3 Å². The molecule has 7 nitrogen and oxygen atoms in total. The smallest absolute Gasteiger partial charge is 0.227 e. The van der Waals surface area contributed by atoms with E-state index in [0.29, 0.717) is 17.5 Å². The molecular formula is C22H32ClN7. The Kier molecular flexibility index (Phi) is 6.43. The number of hydrogen-bond donors (Lipinski definition) is 2. The Balaban J connectivity index is 1.38. The summed E-state index contributed by atoms with van der Waals surface area (Å²) in [6, 6.07) is 8.47. The molecule has 0 aliphatic carbocycles. The number of piperidine rings is 1. The fourth-order valence-corrected chi connectivity index (χ4v) is 4.11. The average molecular weight is 430 g/mol. The quantitative estimate of drug-likeness (QED) is 0.756. The van der Waals surface area contributed by atoms with Gasteiger partial charge >= 0.3 is 0 Å². The van der Waals surface area contributed by atoms with Crippen LogP contribution in [0.15, 0.2) is 30.5 Å². The molecule has 0 bridgehead atoms. The van der Waals surface area contributed by atoms with Gasteiger partial charge < -0.3 is 20.9 Å². The number of aromatic nitrogens is 2. The first-order valence-electron chi connectivity index (χ1n) is 10.7. The normalized spacial score (nSPS) is 20.3. The lowest BCUT2D eigenvalue weighted by molar-refractivity contribution is 0.163. The first-order chi connectivity index (χ1) is 14.4. The SMILES string of the molecule is CN1CCN(c2ccc(Nc3ncc(Cl)c(CN4CCC(C)(N)CC4)n3)cc2)CC1. The Bertz CT molecular complexity index is 837. The molecule has 0 unspecified atom stereocenters. The third-order valence-electron chi connectivity index (χ3n) is 6.18. The van der Waals surface area contributed by atoms with E-state index in [1.54, 1.807) is 6.20 Å². The summed E-state index contributed by atoms with van der Waals surface area (Å²) in [6.45, 7) is 9.09. The van der Waals surface area contributed by atoms with Crippen molar-refractivity contribution in [1.29, 1.82) is 0 Å². The van der Waals surface area contributed by atoms with Gasteiger partial charge in [0.1, 0.15) is 0 Å². The molecule has 3 heterocycles. The summed E-state index contributed by atoms with van der Waals surface area (Å²) < 4.78 is 0. The van der Waals surface area contributed by atoms with Crippen LogP contribution >= 0.6 is 11.6 Å². The van der Waals surface area contributed by atoms with Crippen LogP contribution in [-0.4, -0.2) is 71.6 Å². The van der Waals surface area contributed by atoms with Crippen molar-refractivity contribution in [3.8, 4) is 0 Å². The van der Waals surface area contributed by atoms with E-state index in [-0.39, 0.29) is 5.54 Å². The third-order valence-corrected chi connectivity index (χ3v) is 6.50. The molecule has 2 fully saturated rings. The van der Waals surface area contributed by atoms with Crippen LogP contribution in [0.2, 0.25) is 5.02 Å². The van der Waals surface area contributed by atoms with Gasteiger partial charge in [0.15, 0.2) is 0 Å². The molecule has 0 amide bonds. The van der Waals surface area contributed by atoms with Gasteiger partial charge in [-0.25, -0.2) is 9.97 Å². The van der Waals surface area contributed by atoms with Crippen molar-refractivity contribution < 1.29 is 0 Å². The number of rotatable bonds is 5. The minimum Gasteiger partial charge on any atom is -0.369 e. The van der Waals surface area contributed by atoms with E-state index in [9.17, 15) is 0 Å². The molecule has 2 aliphatic rings. The van der Waals surface area contributed by atoms with Gasteiger partial charge in [0.25, 0.3) is 0 Å². The lowest BCUT2D eigenvalue weighted by Gasteiger charge is -2.36. The highest BCUT2D eigenvalue weighted by Gasteiger charge is 2.26. The van der Waals surface area contributed by atoms with Gasteiger partial charge in [-0.3, -0.25) is 4.90 Å². The molecule has 0 saturated carbocycles. The van der Waals surface area contributed by atoms with Crippen LogP contribution in [0, 0.1) is 0 Å². The van der Waals surface area contributed by atoms with Crippen LogP contribution in [0.5, 0.6) is 0 Å². The van der Waals surface area contributed by atoms with Gasteiger partial charge in [0, 0.05) is 62.7 Å². The molecule has 1 aromatic carbocycles. The summed E-state index contributed by atoms with van der Waals surface area (Å²) in [6.07, 6.45) is 3.66. The zero-order valence-electron chi connectivity index (χ0n) is 17.9. The fraction of sp³-hybridized carbons (Fsp3) is 0.545. The lowest BCUT2D eigenvalue weighted by Crippen LogP contribution is -2.47. The molecule has 2 aromatic rings. The maximum absolute atomic E-state index is 6.38. The monoisotopic (exact) mass is 429 g/mol. The van der Waals surface area contributed by atoms with Crippen molar-refractivity contribution in [1.82, 2.24) is 19.8 Å². The van der Waals surface area contributed by atoms with E-state index in [4.69, 9.17) is 17.3 Å². The molecule has 30 heavy (non-hydrogen) atoms. The largest absolute Gasteiger partial charge is 0.369 e. The van der Waals surface area contributed by atoms with Gasteiger partial charge in [-0.2, -0.15) is 0 Å². The maximum atomic E-state index is 6.38. The highest BCUT2D eigenvalue weighted by atomic mass is 35.5. The molecule has 2 aliphatic heterocycles. The molecule has 8 heteroatoms. The topological polar surface area (TPSA) is 73.5 Å². The predicted molar refractivity (Wildman–Crippen MR) is 124 cm³/mol. The molecule has 4 rings (SSSR count). The zero-order chi connectivity index (χ0) is 21.1. The summed E-state index contributed by atoms with van der Waals surface area (Å²) in [4.78, 5) is 16.2. The van der Waals surface area contributed by atoms with Crippen molar-refractivity contribution >= 4 is 28.9 Å². The minimum atomic E-state index is -0.0606. The van der Waals surface area contributed by atoms with Gasteiger partial charge in [-0.05, 0) is 51.1 Å². The Hall–Kier alpha value is -1.93. The molecule has 0 radical (unpaired) electrons. The predicted octanol–water partition coefficient (Wildman–Crippen LogP) is 2.94. The second-order valence-corrected chi connectivity index (χ2v) is 9.29. The molecule has 0 atom stereocenters. The summed E-state index contributed by atoms with van der Waals surface area (Å²) >= 11 is 6.38. The number of halogens is 1. The third kappa shape index (κ3) is 5.40. The van der Waals surface area contributed by atoms with Gasteiger partial charge in [-0.1, -0.05) is 11.6 Å². The second kappa shape index (κ2) is 9.06. The first-order valence-corrected chi connectivity index (χ1v) is 11.1. The molecule has 0 spiro atoms. The van der Waals surface area contributed by atoms with E-state index in [0.717, 1.165) is 63.5 Å². The average Bonchev–Trinajstić information content (AvgIpc) is 2.73. The van der Waals surface area contributed by atoms with Crippen LogP contribution in [0.25, 0.3) is 0 Å². The number of anilines is 3. The summed E-state index contributed by atoms with van der Waals surface area (Å²) in [5.74, 6) is 0.572. The first kappa shape index (κ1) is 21.3. The summed E-state index contributed by atoms with van der Waals surface area (Å²) in [5, 5.41) is 3.92. The molecule has 1 aromatic heterocycles. The van der Waals surface area contributed by atoms with Crippen LogP contribution < -0.4 is 16.0 Å². The Morgan fingerprint density at radius 3 is 2.40 bits per heavy atom. The van der Waals surface area contributed by atoms with E-state index in [1.807, 2.05) is 0 Å². The number of nitrogens with zero attached hydrogens (tertiary/aromatic N) is 5. The molecule has 2 saturated heterocycles. The van der Waals surface area contributed by atoms with E-state index in [2.05, 4.69) is 68.2 Å². The van der Waals surface area contributed by atoms with E-state index in [1.165, 1.54) is 5.69 Å². The summed E-state index contributed by atoms with van der Waals surface area (Å²) in [5.41, 5.74) is 9.26. The Labute approximate surface area is 184 Å². The van der Waals surface area contributed by atoms with Gasteiger partial charge in [0.05, 0.1) is 16.9 Å². The highest BCUT2D eigenvalue weighted by Crippen LogP contribution is 2.24. The van der Waals surface area contributed by atoms with Crippen molar-refractivity contribution in [2.75, 3.05) is 56.5 Å². The van der Waals surface area contributed by atoms with Crippen molar-refractivity contribution in [3.63, 3.8) is 0 Å². The number of nitrogens with one attached hydrogen (secondary N) is 1. The molecule has 162 valence electrons. The van der Waals surface area contributed by atoms with Gasteiger partial charge in [-0.15, -0.1) is 0 Å². The van der Waals surface area contributed by atoms with Crippen LogP contribution in [-0.2, 0) is 6.54 Å². The summed E-state index contributed by atoms with van der Waals surface area (Å²) in [7, 11) is 2.17. The maximum Gasteiger partial charge on any atom is 0.227 e. The fourth-order valence-electron chi connectivity index (χ4n) is 3.96. The number of benzene rings is 1.